The molecule has 1 aromatic carbocycles. The molecule has 0 spiro atoms. The van der Waals surface area contributed by atoms with E-state index in [4.69, 9.17) is 11.6 Å². The minimum Gasteiger partial charge on any atom is -0.220 e. The fourth-order valence-electron chi connectivity index (χ4n) is 1.10. The van der Waals surface area contributed by atoms with E-state index >= 15 is 0 Å². The molecule has 1 aromatic heterocycles. The van der Waals surface area contributed by atoms with E-state index in [-0.39, 0.29) is 0 Å². The average Bonchev–Trinajstić information content (AvgIpc) is 2.66. The molecule has 2 aromatic rings. The van der Waals surface area contributed by atoms with Gasteiger partial charge in [-0.15, -0.1) is 16.7 Å². The largest absolute Gasteiger partial charge is 0.220 e. The first-order valence-corrected chi connectivity index (χ1v) is 5.35. The molecule has 0 radical (unpaired) electrons. The molecular weight excluding hydrogens is 265 g/mol. The molecular formula is C9H7BrClN3. The van der Waals surface area contributed by atoms with Crippen molar-refractivity contribution in [3.8, 4) is 5.69 Å². The van der Waals surface area contributed by atoms with Crippen molar-refractivity contribution >= 4 is 27.5 Å². The van der Waals surface area contributed by atoms with Gasteiger partial charge in [0.2, 0.25) is 0 Å². The summed E-state index contributed by atoms with van der Waals surface area (Å²) in [6, 6.07) is 7.83. The number of rotatable bonds is 2. The molecule has 0 aliphatic heterocycles. The maximum absolute atomic E-state index is 5.63. The molecule has 0 bridgehead atoms. The molecule has 1 heterocycles. The molecule has 5 heteroatoms. The van der Waals surface area contributed by atoms with Gasteiger partial charge in [0.1, 0.15) is 0 Å². The van der Waals surface area contributed by atoms with Gasteiger partial charge in [0, 0.05) is 4.47 Å². The number of nitrogens with zero attached hydrogens (tertiary/aromatic N) is 3. The van der Waals surface area contributed by atoms with E-state index in [0.717, 1.165) is 15.9 Å². The molecule has 0 fully saturated rings. The summed E-state index contributed by atoms with van der Waals surface area (Å²) < 4.78 is 2.71. The molecule has 0 unspecified atom stereocenters. The van der Waals surface area contributed by atoms with Crippen molar-refractivity contribution in [2.24, 2.45) is 0 Å². The lowest BCUT2D eigenvalue weighted by Gasteiger charge is -1.99. The van der Waals surface area contributed by atoms with E-state index in [1.165, 1.54) is 0 Å². The number of hydrogen-bond donors (Lipinski definition) is 0. The zero-order chi connectivity index (χ0) is 9.97. The smallest absolute Gasteiger partial charge is 0.0979 e. The van der Waals surface area contributed by atoms with Gasteiger partial charge in [-0.1, -0.05) is 27.2 Å². The zero-order valence-corrected chi connectivity index (χ0v) is 9.53. The molecule has 0 atom stereocenters. The molecule has 14 heavy (non-hydrogen) atoms. The van der Waals surface area contributed by atoms with Crippen LogP contribution in [0.15, 0.2) is 34.9 Å². The van der Waals surface area contributed by atoms with Crippen LogP contribution in [0, 0.1) is 0 Å². The molecule has 3 nitrogen and oxygen atoms in total. The van der Waals surface area contributed by atoms with Gasteiger partial charge in [0.25, 0.3) is 0 Å². The van der Waals surface area contributed by atoms with Gasteiger partial charge in [0.15, 0.2) is 0 Å². The standard InChI is InChI=1S/C9H7BrClN3/c10-7-2-1-3-9(4-7)14-6-8(5-11)12-13-14/h1-4,6H,5H2. The third kappa shape index (κ3) is 1.96. The Morgan fingerprint density at radius 1 is 1.43 bits per heavy atom. The molecule has 0 aliphatic carbocycles. The van der Waals surface area contributed by atoms with Crippen LogP contribution in [0.2, 0.25) is 0 Å². The summed E-state index contributed by atoms with van der Waals surface area (Å²) in [5, 5.41) is 7.87. The summed E-state index contributed by atoms with van der Waals surface area (Å²) >= 11 is 9.03. The Morgan fingerprint density at radius 2 is 2.29 bits per heavy atom. The summed E-state index contributed by atoms with van der Waals surface area (Å²) in [5.74, 6) is 0.383. The third-order valence-electron chi connectivity index (χ3n) is 1.75. The minimum atomic E-state index is 0.383. The summed E-state index contributed by atoms with van der Waals surface area (Å²) in [6.45, 7) is 0. The predicted octanol–water partition coefficient (Wildman–Crippen LogP) is 2.77. The van der Waals surface area contributed by atoms with Gasteiger partial charge in [-0.2, -0.15) is 0 Å². The van der Waals surface area contributed by atoms with Crippen LogP contribution in [0.5, 0.6) is 0 Å². The van der Waals surface area contributed by atoms with Crippen LogP contribution in [0.1, 0.15) is 5.69 Å². The van der Waals surface area contributed by atoms with E-state index in [9.17, 15) is 0 Å². The van der Waals surface area contributed by atoms with Crippen molar-refractivity contribution in [3.63, 3.8) is 0 Å². The predicted molar refractivity (Wildman–Crippen MR) is 58.6 cm³/mol. The van der Waals surface area contributed by atoms with Crippen molar-refractivity contribution in [1.29, 1.82) is 0 Å². The Labute approximate surface area is 94.8 Å². The van der Waals surface area contributed by atoms with E-state index in [1.54, 1.807) is 4.68 Å². The van der Waals surface area contributed by atoms with Crippen LogP contribution in [-0.2, 0) is 5.88 Å². The monoisotopic (exact) mass is 271 g/mol. The highest BCUT2D eigenvalue weighted by molar-refractivity contribution is 9.10. The number of benzene rings is 1. The molecule has 72 valence electrons. The summed E-state index contributed by atoms with van der Waals surface area (Å²) in [4.78, 5) is 0. The lowest BCUT2D eigenvalue weighted by atomic mass is 10.3. The van der Waals surface area contributed by atoms with Gasteiger partial charge in [-0.25, -0.2) is 4.68 Å². The van der Waals surface area contributed by atoms with Crippen molar-refractivity contribution < 1.29 is 0 Å². The first-order valence-electron chi connectivity index (χ1n) is 4.03. The summed E-state index contributed by atoms with van der Waals surface area (Å²) in [6.07, 6.45) is 1.81. The number of halogens is 2. The van der Waals surface area contributed by atoms with Crippen molar-refractivity contribution in [2.75, 3.05) is 0 Å². The quantitative estimate of drug-likeness (QED) is 0.787. The van der Waals surface area contributed by atoms with Crippen LogP contribution in [0.3, 0.4) is 0 Å². The normalized spacial score (nSPS) is 10.4. The summed E-state index contributed by atoms with van der Waals surface area (Å²) in [7, 11) is 0. The van der Waals surface area contributed by atoms with Gasteiger partial charge in [-0.3, -0.25) is 0 Å². The van der Waals surface area contributed by atoms with Gasteiger partial charge in [-0.05, 0) is 18.2 Å². The second kappa shape index (κ2) is 4.11. The van der Waals surface area contributed by atoms with Crippen LogP contribution in [-0.4, -0.2) is 15.0 Å². The van der Waals surface area contributed by atoms with Gasteiger partial charge in [0.05, 0.1) is 23.5 Å². The first kappa shape index (κ1) is 9.68. The SMILES string of the molecule is ClCc1cn(-c2cccc(Br)c2)nn1. The Morgan fingerprint density at radius 3 is 2.93 bits per heavy atom. The number of aromatic nitrogens is 3. The van der Waals surface area contributed by atoms with E-state index < -0.39 is 0 Å². The molecule has 2 rings (SSSR count). The highest BCUT2D eigenvalue weighted by atomic mass is 79.9. The van der Waals surface area contributed by atoms with Crippen LogP contribution < -0.4 is 0 Å². The van der Waals surface area contributed by atoms with E-state index in [0.29, 0.717) is 5.88 Å². The minimum absolute atomic E-state index is 0.383. The molecule has 0 N–H and O–H groups in total. The number of alkyl halides is 1. The van der Waals surface area contributed by atoms with Gasteiger partial charge < -0.3 is 0 Å². The Bertz CT molecular complexity index is 441. The Kier molecular flexibility index (Phi) is 2.84. The topological polar surface area (TPSA) is 30.7 Å². The van der Waals surface area contributed by atoms with Crippen molar-refractivity contribution in [1.82, 2.24) is 15.0 Å². The first-order chi connectivity index (χ1) is 6.79. The van der Waals surface area contributed by atoms with Crippen LogP contribution in [0.4, 0.5) is 0 Å². The average molecular weight is 273 g/mol. The maximum atomic E-state index is 5.63. The lowest BCUT2D eigenvalue weighted by Crippen LogP contribution is -1.93. The second-order valence-corrected chi connectivity index (χ2v) is 3.95. The Balaban J connectivity index is 2.39. The van der Waals surface area contributed by atoms with Gasteiger partial charge >= 0.3 is 0 Å². The second-order valence-electron chi connectivity index (χ2n) is 2.77. The number of hydrogen-bond acceptors (Lipinski definition) is 2. The van der Waals surface area contributed by atoms with Crippen molar-refractivity contribution in [3.05, 3.63) is 40.6 Å². The van der Waals surface area contributed by atoms with Crippen LogP contribution in [0.25, 0.3) is 5.69 Å². The summed E-state index contributed by atoms with van der Waals surface area (Å²) in [5.41, 5.74) is 1.73. The fourth-order valence-corrected chi connectivity index (χ4v) is 1.61. The highest BCUT2D eigenvalue weighted by Gasteiger charge is 2.01. The third-order valence-corrected chi connectivity index (χ3v) is 2.52. The van der Waals surface area contributed by atoms with Crippen LogP contribution >= 0.6 is 27.5 Å². The Hall–Kier alpha value is -0.870. The molecule has 0 saturated heterocycles. The van der Waals surface area contributed by atoms with E-state index in [1.807, 2.05) is 30.5 Å². The van der Waals surface area contributed by atoms with E-state index in [2.05, 4.69) is 26.2 Å². The lowest BCUT2D eigenvalue weighted by molar-refractivity contribution is 0.800. The maximum Gasteiger partial charge on any atom is 0.0979 e. The zero-order valence-electron chi connectivity index (χ0n) is 7.19. The fraction of sp³-hybridized carbons (Fsp3) is 0.111. The molecule has 0 amide bonds. The van der Waals surface area contributed by atoms with Crippen molar-refractivity contribution in [2.45, 2.75) is 5.88 Å². The molecule has 0 aliphatic rings. The molecule has 0 saturated carbocycles. The highest BCUT2D eigenvalue weighted by Crippen LogP contribution is 2.14.